The van der Waals surface area contributed by atoms with Crippen LogP contribution in [0.25, 0.3) is 0 Å². The number of halogens is 3. The zero-order chi connectivity index (χ0) is 14.9. The van der Waals surface area contributed by atoms with E-state index in [1.54, 1.807) is 12.1 Å². The Kier molecular flexibility index (Phi) is 4.18. The monoisotopic (exact) mass is 339 g/mol. The molecule has 2 aromatic rings. The maximum absolute atomic E-state index is 13.7. The molecular formula is C15H12BrF2NO. The molecule has 0 saturated heterocycles. The molecule has 0 fully saturated rings. The van der Waals surface area contributed by atoms with E-state index in [1.807, 2.05) is 19.9 Å². The molecule has 2 rings (SSSR count). The number of amides is 1. The van der Waals surface area contributed by atoms with Crippen molar-refractivity contribution >= 4 is 27.5 Å². The minimum Gasteiger partial charge on any atom is -0.322 e. The fraction of sp³-hybridized carbons (Fsp3) is 0.133. The van der Waals surface area contributed by atoms with Crippen molar-refractivity contribution in [2.24, 2.45) is 0 Å². The number of nitrogens with one attached hydrogen (secondary N) is 1. The molecule has 0 unspecified atom stereocenters. The number of hydrogen-bond acceptors (Lipinski definition) is 1. The van der Waals surface area contributed by atoms with E-state index in [0.29, 0.717) is 5.69 Å². The summed E-state index contributed by atoms with van der Waals surface area (Å²) in [5.41, 5.74) is 1.97. The van der Waals surface area contributed by atoms with Crippen LogP contribution in [0.3, 0.4) is 0 Å². The van der Waals surface area contributed by atoms with Crippen LogP contribution in [0.2, 0.25) is 0 Å². The Hall–Kier alpha value is -1.75. The lowest BCUT2D eigenvalue weighted by Gasteiger charge is -2.09. The summed E-state index contributed by atoms with van der Waals surface area (Å²) >= 11 is 2.97. The predicted molar refractivity (Wildman–Crippen MR) is 77.9 cm³/mol. The third kappa shape index (κ3) is 3.04. The van der Waals surface area contributed by atoms with Crippen molar-refractivity contribution in [3.63, 3.8) is 0 Å². The van der Waals surface area contributed by atoms with Gasteiger partial charge in [0.15, 0.2) is 0 Å². The third-order valence-corrected chi connectivity index (χ3v) is 3.46. The Labute approximate surface area is 123 Å². The molecule has 0 bridgehead atoms. The van der Waals surface area contributed by atoms with E-state index in [9.17, 15) is 13.6 Å². The summed E-state index contributed by atoms with van der Waals surface area (Å²) in [5, 5.41) is 2.49. The second-order valence-corrected chi connectivity index (χ2v) is 5.41. The lowest BCUT2D eigenvalue weighted by molar-refractivity contribution is 0.101. The molecule has 2 nitrogen and oxygen atoms in total. The highest BCUT2D eigenvalue weighted by Gasteiger charge is 2.18. The van der Waals surface area contributed by atoms with E-state index in [2.05, 4.69) is 21.2 Å². The first-order valence-electron chi connectivity index (χ1n) is 5.91. The maximum atomic E-state index is 13.7. The van der Waals surface area contributed by atoms with Crippen LogP contribution in [0.5, 0.6) is 0 Å². The Morgan fingerprint density at radius 3 is 2.20 bits per heavy atom. The van der Waals surface area contributed by atoms with Gasteiger partial charge in [-0.2, -0.15) is 0 Å². The summed E-state index contributed by atoms with van der Waals surface area (Å²) in [5.74, 6) is -2.62. The minimum atomic E-state index is -0.904. The van der Waals surface area contributed by atoms with Gasteiger partial charge in [0.1, 0.15) is 17.2 Å². The largest absolute Gasteiger partial charge is 0.322 e. The first-order valence-corrected chi connectivity index (χ1v) is 6.71. The Morgan fingerprint density at radius 1 is 1.05 bits per heavy atom. The average molecular weight is 340 g/mol. The van der Waals surface area contributed by atoms with Crippen LogP contribution in [-0.2, 0) is 0 Å². The fourth-order valence-corrected chi connectivity index (χ4v) is 2.17. The number of hydrogen-bond donors (Lipinski definition) is 1. The molecule has 104 valence electrons. The topological polar surface area (TPSA) is 29.1 Å². The van der Waals surface area contributed by atoms with E-state index in [1.165, 1.54) is 0 Å². The summed E-state index contributed by atoms with van der Waals surface area (Å²) in [4.78, 5) is 12.0. The molecule has 2 aromatic carbocycles. The second kappa shape index (κ2) is 5.71. The van der Waals surface area contributed by atoms with Gasteiger partial charge >= 0.3 is 0 Å². The van der Waals surface area contributed by atoms with Crippen molar-refractivity contribution in [1.82, 2.24) is 0 Å². The van der Waals surface area contributed by atoms with E-state index in [-0.39, 0.29) is 4.47 Å². The molecular weight excluding hydrogens is 328 g/mol. The summed E-state index contributed by atoms with van der Waals surface area (Å²) < 4.78 is 27.6. The number of anilines is 1. The molecule has 0 aromatic heterocycles. The van der Waals surface area contributed by atoms with E-state index in [4.69, 9.17) is 0 Å². The second-order valence-electron chi connectivity index (χ2n) is 4.50. The molecule has 0 atom stereocenters. The minimum absolute atomic E-state index is 0.246. The van der Waals surface area contributed by atoms with Crippen LogP contribution in [0.4, 0.5) is 14.5 Å². The molecule has 0 aliphatic heterocycles. The lowest BCUT2D eigenvalue weighted by Crippen LogP contribution is -2.16. The van der Waals surface area contributed by atoms with Gasteiger partial charge in [-0.1, -0.05) is 22.0 Å². The average Bonchev–Trinajstić information content (AvgIpc) is 2.32. The summed E-state index contributed by atoms with van der Waals surface area (Å²) in [7, 11) is 0. The van der Waals surface area contributed by atoms with Gasteiger partial charge in [0.05, 0.1) is 0 Å². The SMILES string of the molecule is Cc1ccc(NC(=O)c2c(F)cc(Br)cc2F)cc1C. The van der Waals surface area contributed by atoms with E-state index in [0.717, 1.165) is 23.3 Å². The van der Waals surface area contributed by atoms with Crippen molar-refractivity contribution in [2.75, 3.05) is 5.32 Å². The van der Waals surface area contributed by atoms with Crippen molar-refractivity contribution in [2.45, 2.75) is 13.8 Å². The molecule has 0 radical (unpaired) electrons. The van der Waals surface area contributed by atoms with Crippen LogP contribution >= 0.6 is 15.9 Å². The van der Waals surface area contributed by atoms with Gasteiger partial charge in [-0.25, -0.2) is 8.78 Å². The van der Waals surface area contributed by atoms with Gasteiger partial charge in [0.25, 0.3) is 5.91 Å². The van der Waals surface area contributed by atoms with E-state index < -0.39 is 23.1 Å². The standard InChI is InChI=1S/C15H12BrF2NO/c1-8-3-4-11(5-9(8)2)19-15(20)14-12(17)6-10(16)7-13(14)18/h3-7H,1-2H3,(H,19,20). The van der Waals surface area contributed by atoms with Crippen molar-refractivity contribution in [3.8, 4) is 0 Å². The van der Waals surface area contributed by atoms with Gasteiger partial charge in [0.2, 0.25) is 0 Å². The number of benzene rings is 2. The van der Waals surface area contributed by atoms with Crippen LogP contribution in [-0.4, -0.2) is 5.91 Å². The van der Waals surface area contributed by atoms with Crippen molar-refractivity contribution in [3.05, 3.63) is 63.1 Å². The van der Waals surface area contributed by atoms with Gasteiger partial charge in [-0.05, 0) is 49.2 Å². The molecule has 1 N–H and O–H groups in total. The number of rotatable bonds is 2. The number of carbonyl (C=O) groups excluding carboxylic acids is 1. The molecule has 20 heavy (non-hydrogen) atoms. The summed E-state index contributed by atoms with van der Waals surface area (Å²) in [6, 6.07) is 7.38. The smallest absolute Gasteiger partial charge is 0.261 e. The van der Waals surface area contributed by atoms with Gasteiger partial charge in [0, 0.05) is 10.2 Å². The van der Waals surface area contributed by atoms with Crippen LogP contribution in [0, 0.1) is 25.5 Å². The molecule has 0 aliphatic carbocycles. The molecule has 5 heteroatoms. The molecule has 0 heterocycles. The highest BCUT2D eigenvalue weighted by molar-refractivity contribution is 9.10. The highest BCUT2D eigenvalue weighted by Crippen LogP contribution is 2.21. The first-order chi connectivity index (χ1) is 9.38. The Balaban J connectivity index is 2.31. The first kappa shape index (κ1) is 14.7. The quantitative estimate of drug-likeness (QED) is 0.851. The number of carbonyl (C=O) groups is 1. The van der Waals surface area contributed by atoms with Gasteiger partial charge in [-0.15, -0.1) is 0 Å². The molecule has 0 spiro atoms. The predicted octanol–water partition coefficient (Wildman–Crippen LogP) is 4.60. The third-order valence-electron chi connectivity index (χ3n) is 3.00. The zero-order valence-corrected chi connectivity index (χ0v) is 12.5. The van der Waals surface area contributed by atoms with Gasteiger partial charge in [-0.3, -0.25) is 4.79 Å². The lowest BCUT2D eigenvalue weighted by atomic mass is 10.1. The van der Waals surface area contributed by atoms with Crippen molar-refractivity contribution < 1.29 is 13.6 Å². The number of aryl methyl sites for hydroxylation is 2. The molecule has 1 amide bonds. The normalized spacial score (nSPS) is 10.4. The van der Waals surface area contributed by atoms with E-state index >= 15 is 0 Å². The van der Waals surface area contributed by atoms with Crippen LogP contribution in [0.15, 0.2) is 34.8 Å². The van der Waals surface area contributed by atoms with Crippen molar-refractivity contribution in [1.29, 1.82) is 0 Å². The Bertz CT molecular complexity index is 663. The van der Waals surface area contributed by atoms with Gasteiger partial charge < -0.3 is 5.32 Å². The zero-order valence-electron chi connectivity index (χ0n) is 10.9. The molecule has 0 aliphatic rings. The summed E-state index contributed by atoms with van der Waals surface area (Å²) in [6.45, 7) is 3.83. The van der Waals surface area contributed by atoms with Crippen LogP contribution < -0.4 is 5.32 Å². The highest BCUT2D eigenvalue weighted by atomic mass is 79.9. The fourth-order valence-electron chi connectivity index (χ4n) is 1.77. The Morgan fingerprint density at radius 2 is 1.65 bits per heavy atom. The maximum Gasteiger partial charge on any atom is 0.261 e. The van der Waals surface area contributed by atoms with Crippen LogP contribution in [0.1, 0.15) is 21.5 Å². The summed E-state index contributed by atoms with van der Waals surface area (Å²) in [6.07, 6.45) is 0. The molecule has 0 saturated carbocycles.